The summed E-state index contributed by atoms with van der Waals surface area (Å²) in [5.41, 5.74) is -0.889. The first kappa shape index (κ1) is 21.6. The van der Waals surface area contributed by atoms with Crippen molar-refractivity contribution in [3.8, 4) is 0 Å². The minimum atomic E-state index is -4.60. The van der Waals surface area contributed by atoms with Gasteiger partial charge in [0.1, 0.15) is 4.90 Å². The number of sulfonamides is 1. The van der Waals surface area contributed by atoms with Crippen LogP contribution in [0.15, 0.2) is 47.4 Å². The van der Waals surface area contributed by atoms with E-state index < -0.39 is 33.8 Å². The summed E-state index contributed by atoms with van der Waals surface area (Å²) in [5, 5.41) is -0.206. The maximum atomic E-state index is 13.4. The van der Waals surface area contributed by atoms with Crippen LogP contribution >= 0.6 is 11.6 Å². The Hall–Kier alpha value is -2.10. The van der Waals surface area contributed by atoms with Crippen LogP contribution in [0.25, 0.3) is 0 Å². The lowest BCUT2D eigenvalue weighted by Gasteiger charge is -2.27. The van der Waals surface area contributed by atoms with Crippen molar-refractivity contribution in [2.24, 2.45) is 0 Å². The molecule has 1 fully saturated rings. The predicted octanol–water partition coefficient (Wildman–Crippen LogP) is 4.67. The van der Waals surface area contributed by atoms with Crippen LogP contribution in [0.5, 0.6) is 0 Å². The minimum Gasteiger partial charge on any atom is -0.465 e. The van der Waals surface area contributed by atoms with E-state index >= 15 is 0 Å². The number of hydrogen-bond donors (Lipinski definition) is 0. The van der Waals surface area contributed by atoms with Crippen molar-refractivity contribution in [3.05, 3.63) is 64.2 Å². The smallest absolute Gasteiger partial charge is 0.416 e. The zero-order chi connectivity index (χ0) is 21.4. The quantitative estimate of drug-likeness (QED) is 0.639. The van der Waals surface area contributed by atoms with Gasteiger partial charge in [0.05, 0.1) is 29.3 Å². The minimum absolute atomic E-state index is 0.0638. The molecule has 1 saturated heterocycles. The maximum absolute atomic E-state index is 13.4. The number of halogens is 4. The molecular formula is C19H17ClF3NO4S. The molecule has 1 aliphatic heterocycles. The number of hydrogen-bond acceptors (Lipinski definition) is 4. The maximum Gasteiger partial charge on any atom is 0.416 e. The normalized spacial score (nSPS) is 18.0. The van der Waals surface area contributed by atoms with Crippen LogP contribution in [0.4, 0.5) is 13.2 Å². The third-order valence-electron chi connectivity index (χ3n) is 4.77. The van der Waals surface area contributed by atoms with Crippen LogP contribution in [0.1, 0.15) is 40.4 Å². The molecule has 0 aromatic heterocycles. The average molecular weight is 448 g/mol. The molecule has 0 bridgehead atoms. The van der Waals surface area contributed by atoms with E-state index in [4.69, 9.17) is 11.6 Å². The molecule has 2 aromatic rings. The fourth-order valence-corrected chi connectivity index (χ4v) is 5.66. The van der Waals surface area contributed by atoms with Crippen LogP contribution in [-0.2, 0) is 20.9 Å². The molecule has 0 spiro atoms. The Morgan fingerprint density at radius 3 is 2.52 bits per heavy atom. The van der Waals surface area contributed by atoms with Gasteiger partial charge in [0.15, 0.2) is 0 Å². The first-order chi connectivity index (χ1) is 13.6. The van der Waals surface area contributed by atoms with E-state index in [1.807, 2.05) is 0 Å². The second kappa shape index (κ2) is 7.97. The highest BCUT2D eigenvalue weighted by Crippen LogP contribution is 2.43. The summed E-state index contributed by atoms with van der Waals surface area (Å²) in [7, 11) is -3.02. The molecule has 156 valence electrons. The molecule has 29 heavy (non-hydrogen) atoms. The number of alkyl halides is 3. The molecule has 1 aliphatic rings. The van der Waals surface area contributed by atoms with Gasteiger partial charge in [-0.15, -0.1) is 0 Å². The number of benzene rings is 2. The summed E-state index contributed by atoms with van der Waals surface area (Å²) in [6.07, 6.45) is -3.94. The molecule has 3 rings (SSSR count). The molecule has 1 unspecified atom stereocenters. The summed E-state index contributed by atoms with van der Waals surface area (Å²) in [5.74, 6) is -0.686. The molecule has 0 aliphatic carbocycles. The highest BCUT2D eigenvalue weighted by atomic mass is 35.5. The van der Waals surface area contributed by atoms with Gasteiger partial charge in [-0.25, -0.2) is 13.2 Å². The van der Waals surface area contributed by atoms with Gasteiger partial charge in [0.25, 0.3) is 0 Å². The molecule has 2 aromatic carbocycles. The molecule has 10 heteroatoms. The Morgan fingerprint density at radius 1 is 1.21 bits per heavy atom. The first-order valence-corrected chi connectivity index (χ1v) is 10.4. The lowest BCUT2D eigenvalue weighted by molar-refractivity contribution is -0.138. The number of carbonyl (C=O) groups excluding carboxylic acids is 1. The predicted molar refractivity (Wildman–Crippen MR) is 100 cm³/mol. The Morgan fingerprint density at radius 2 is 1.90 bits per heavy atom. The van der Waals surface area contributed by atoms with Crippen molar-refractivity contribution >= 4 is 27.6 Å². The van der Waals surface area contributed by atoms with Gasteiger partial charge in [-0.1, -0.05) is 29.8 Å². The highest BCUT2D eigenvalue weighted by Gasteiger charge is 2.42. The van der Waals surface area contributed by atoms with Gasteiger partial charge in [-0.3, -0.25) is 0 Å². The fraction of sp³-hybridized carbons (Fsp3) is 0.316. The molecular weight excluding hydrogens is 431 g/mol. The van der Waals surface area contributed by atoms with E-state index in [2.05, 4.69) is 4.74 Å². The van der Waals surface area contributed by atoms with Crippen molar-refractivity contribution in [3.63, 3.8) is 0 Å². The van der Waals surface area contributed by atoms with Gasteiger partial charge in [-0.05, 0) is 42.7 Å². The summed E-state index contributed by atoms with van der Waals surface area (Å²) in [6, 6.07) is 7.56. The fourth-order valence-electron chi connectivity index (χ4n) is 3.47. The molecule has 0 N–H and O–H groups in total. The SMILES string of the molecule is COC(=O)c1ccc(S(=O)(=O)N2CCCC2c2ccccc2C(F)(F)F)c(Cl)c1. The number of methoxy groups -OCH3 is 1. The number of rotatable bonds is 4. The van der Waals surface area contributed by atoms with Crippen molar-refractivity contribution in [1.82, 2.24) is 4.31 Å². The second-order valence-electron chi connectivity index (χ2n) is 6.50. The van der Waals surface area contributed by atoms with Gasteiger partial charge in [-0.2, -0.15) is 17.5 Å². The van der Waals surface area contributed by atoms with Gasteiger partial charge in [0.2, 0.25) is 10.0 Å². The van der Waals surface area contributed by atoms with Crippen molar-refractivity contribution in [2.45, 2.75) is 30.0 Å². The molecule has 0 radical (unpaired) electrons. The zero-order valence-electron chi connectivity index (χ0n) is 15.2. The van der Waals surface area contributed by atoms with Crippen LogP contribution in [-0.4, -0.2) is 32.3 Å². The lowest BCUT2D eigenvalue weighted by atomic mass is 9.99. The lowest BCUT2D eigenvalue weighted by Crippen LogP contribution is -2.32. The Bertz CT molecular complexity index is 1040. The summed E-state index contributed by atoms with van der Waals surface area (Å²) in [4.78, 5) is 11.3. The number of nitrogens with zero attached hydrogens (tertiary/aromatic N) is 1. The molecule has 0 saturated carbocycles. The number of esters is 1. The third-order valence-corrected chi connectivity index (χ3v) is 7.16. The Balaban J connectivity index is 2.03. The molecule has 5 nitrogen and oxygen atoms in total. The van der Waals surface area contributed by atoms with E-state index in [9.17, 15) is 26.4 Å². The molecule has 0 amide bonds. The Labute approximate surface area is 171 Å². The molecule has 1 atom stereocenters. The second-order valence-corrected chi connectivity index (χ2v) is 8.76. The van der Waals surface area contributed by atoms with Crippen LogP contribution in [0.2, 0.25) is 5.02 Å². The number of carbonyl (C=O) groups is 1. The van der Waals surface area contributed by atoms with Gasteiger partial charge >= 0.3 is 12.1 Å². The Kier molecular flexibility index (Phi) is 5.93. The molecule has 1 heterocycles. The van der Waals surface area contributed by atoms with E-state index in [-0.39, 0.29) is 34.0 Å². The third kappa shape index (κ3) is 4.12. The zero-order valence-corrected chi connectivity index (χ0v) is 16.8. The van der Waals surface area contributed by atoms with E-state index in [1.165, 1.54) is 31.4 Å². The first-order valence-electron chi connectivity index (χ1n) is 8.63. The van der Waals surface area contributed by atoms with Gasteiger partial charge < -0.3 is 4.74 Å². The van der Waals surface area contributed by atoms with E-state index in [1.54, 1.807) is 0 Å². The van der Waals surface area contributed by atoms with Crippen molar-refractivity contribution < 1.29 is 31.1 Å². The van der Waals surface area contributed by atoms with Crippen molar-refractivity contribution in [2.75, 3.05) is 13.7 Å². The number of ether oxygens (including phenoxy) is 1. The van der Waals surface area contributed by atoms with Gasteiger partial charge in [0, 0.05) is 6.54 Å². The van der Waals surface area contributed by atoms with E-state index in [0.717, 1.165) is 22.5 Å². The monoisotopic (exact) mass is 447 g/mol. The van der Waals surface area contributed by atoms with E-state index in [0.29, 0.717) is 6.42 Å². The topological polar surface area (TPSA) is 63.7 Å². The van der Waals surface area contributed by atoms with Crippen LogP contribution in [0, 0.1) is 0 Å². The average Bonchev–Trinajstić information content (AvgIpc) is 3.17. The highest BCUT2D eigenvalue weighted by molar-refractivity contribution is 7.89. The summed E-state index contributed by atoms with van der Waals surface area (Å²) >= 11 is 6.10. The summed E-state index contributed by atoms with van der Waals surface area (Å²) in [6.45, 7) is 0.0638. The summed E-state index contributed by atoms with van der Waals surface area (Å²) < 4.78 is 72.3. The van der Waals surface area contributed by atoms with Crippen LogP contribution in [0.3, 0.4) is 0 Å². The van der Waals surface area contributed by atoms with Crippen molar-refractivity contribution in [1.29, 1.82) is 0 Å². The standard InChI is InChI=1S/C19H17ClF3NO4S/c1-28-18(25)12-8-9-17(15(20)11-12)29(26,27)24-10-4-7-16(24)13-5-2-3-6-14(13)19(21,22)23/h2-3,5-6,8-9,11,16H,4,7,10H2,1H3. The largest absolute Gasteiger partial charge is 0.465 e. The van der Waals surface area contributed by atoms with Crippen LogP contribution < -0.4 is 0 Å².